The molecule has 0 saturated carbocycles. The lowest BCUT2D eigenvalue weighted by atomic mass is 10.2. The van der Waals surface area contributed by atoms with Crippen molar-refractivity contribution in [2.45, 2.75) is 6.54 Å². The van der Waals surface area contributed by atoms with Crippen molar-refractivity contribution in [1.82, 2.24) is 9.91 Å². The molecule has 1 fully saturated rings. The van der Waals surface area contributed by atoms with E-state index in [0.717, 1.165) is 43.3 Å². The highest BCUT2D eigenvalue weighted by Gasteiger charge is 2.16. The van der Waals surface area contributed by atoms with Crippen molar-refractivity contribution in [3.63, 3.8) is 0 Å². The van der Waals surface area contributed by atoms with Gasteiger partial charge in [0, 0.05) is 37.7 Å². The van der Waals surface area contributed by atoms with E-state index in [1.165, 1.54) is 5.56 Å². The number of nitrogens with zero attached hydrogens (tertiary/aromatic N) is 3. The number of hydrazone groups is 1. The molecule has 4 nitrogen and oxygen atoms in total. The summed E-state index contributed by atoms with van der Waals surface area (Å²) in [4.78, 5) is 2.39. The van der Waals surface area contributed by atoms with Crippen molar-refractivity contribution in [3.05, 3.63) is 64.7 Å². The molecule has 0 unspecified atom stereocenters. The normalized spacial score (nSPS) is 16.1. The van der Waals surface area contributed by atoms with Crippen LogP contribution in [0, 0.1) is 0 Å². The summed E-state index contributed by atoms with van der Waals surface area (Å²) in [6.07, 6.45) is 1.80. The van der Waals surface area contributed by atoms with Crippen LogP contribution in [0.1, 0.15) is 11.1 Å². The Morgan fingerprint density at radius 3 is 2.57 bits per heavy atom. The number of piperazine rings is 1. The van der Waals surface area contributed by atoms with E-state index < -0.39 is 0 Å². The van der Waals surface area contributed by atoms with Crippen LogP contribution in [0.2, 0.25) is 5.02 Å². The van der Waals surface area contributed by atoms with Crippen LogP contribution in [0.15, 0.2) is 53.6 Å². The van der Waals surface area contributed by atoms with Crippen LogP contribution in [0.3, 0.4) is 0 Å². The van der Waals surface area contributed by atoms with Gasteiger partial charge in [-0.25, -0.2) is 0 Å². The standard InChI is InChI=1S/C18H20ClN3O/c19-18-7-2-1-5-16(18)14-21-8-10-22(11-9-21)20-13-15-4-3-6-17(23)12-15/h1-7,12-13,23H,8-11,14H2/b20-13-. The average Bonchev–Trinajstić information content (AvgIpc) is 2.56. The maximum absolute atomic E-state index is 9.45. The predicted octanol–water partition coefficient (Wildman–Crippen LogP) is 3.20. The zero-order valence-corrected chi connectivity index (χ0v) is 13.7. The Bertz CT molecular complexity index is 681. The molecule has 1 aliphatic heterocycles. The number of rotatable bonds is 4. The second kappa shape index (κ2) is 7.49. The third-order valence-corrected chi connectivity index (χ3v) is 4.31. The molecule has 0 spiro atoms. The molecule has 23 heavy (non-hydrogen) atoms. The zero-order chi connectivity index (χ0) is 16.1. The first-order valence-corrected chi connectivity index (χ1v) is 8.12. The fraction of sp³-hybridized carbons (Fsp3) is 0.278. The van der Waals surface area contributed by atoms with Gasteiger partial charge in [-0.2, -0.15) is 5.10 Å². The number of hydrogen-bond donors (Lipinski definition) is 1. The lowest BCUT2D eigenvalue weighted by Gasteiger charge is -2.33. The number of hydrogen-bond acceptors (Lipinski definition) is 4. The molecule has 0 radical (unpaired) electrons. The monoisotopic (exact) mass is 329 g/mol. The van der Waals surface area contributed by atoms with Crippen LogP contribution in [0.5, 0.6) is 5.75 Å². The molecule has 0 amide bonds. The molecule has 1 heterocycles. The summed E-state index contributed by atoms with van der Waals surface area (Å²) in [5, 5.41) is 16.8. The molecular formula is C18H20ClN3O. The summed E-state index contributed by atoms with van der Waals surface area (Å²) in [6, 6.07) is 15.1. The van der Waals surface area contributed by atoms with Gasteiger partial charge in [0.25, 0.3) is 0 Å². The second-order valence-corrected chi connectivity index (χ2v) is 6.07. The van der Waals surface area contributed by atoms with Gasteiger partial charge in [0.2, 0.25) is 0 Å². The van der Waals surface area contributed by atoms with Crippen LogP contribution in [0.4, 0.5) is 0 Å². The molecule has 0 aromatic heterocycles. The molecule has 2 aromatic rings. The van der Waals surface area contributed by atoms with Crippen molar-refractivity contribution in [2.24, 2.45) is 5.10 Å². The van der Waals surface area contributed by atoms with Crippen molar-refractivity contribution in [1.29, 1.82) is 0 Å². The number of phenols is 1. The summed E-state index contributed by atoms with van der Waals surface area (Å²) in [6.45, 7) is 4.58. The smallest absolute Gasteiger partial charge is 0.116 e. The first kappa shape index (κ1) is 15.8. The van der Waals surface area contributed by atoms with E-state index in [2.05, 4.69) is 21.1 Å². The van der Waals surface area contributed by atoms with Gasteiger partial charge in [-0.15, -0.1) is 0 Å². The predicted molar refractivity (Wildman–Crippen MR) is 94.0 cm³/mol. The van der Waals surface area contributed by atoms with Gasteiger partial charge < -0.3 is 5.11 Å². The topological polar surface area (TPSA) is 39.1 Å². The van der Waals surface area contributed by atoms with Crippen LogP contribution in [-0.2, 0) is 6.54 Å². The number of halogens is 1. The van der Waals surface area contributed by atoms with Gasteiger partial charge >= 0.3 is 0 Å². The summed E-state index contributed by atoms with van der Waals surface area (Å²) in [7, 11) is 0. The fourth-order valence-electron chi connectivity index (χ4n) is 2.63. The molecule has 0 atom stereocenters. The number of benzene rings is 2. The molecule has 0 bridgehead atoms. The Kier molecular flexibility index (Phi) is 5.16. The Morgan fingerprint density at radius 1 is 1.04 bits per heavy atom. The van der Waals surface area contributed by atoms with E-state index in [-0.39, 0.29) is 5.75 Å². The number of phenolic OH excluding ortho intramolecular Hbond substituents is 1. The minimum absolute atomic E-state index is 0.263. The fourth-order valence-corrected chi connectivity index (χ4v) is 2.83. The molecule has 120 valence electrons. The van der Waals surface area contributed by atoms with E-state index in [4.69, 9.17) is 11.6 Å². The first-order chi connectivity index (χ1) is 11.2. The van der Waals surface area contributed by atoms with Crippen molar-refractivity contribution < 1.29 is 5.11 Å². The third-order valence-electron chi connectivity index (χ3n) is 3.94. The summed E-state index contributed by atoms with van der Waals surface area (Å²) in [5.41, 5.74) is 2.08. The highest BCUT2D eigenvalue weighted by Crippen LogP contribution is 2.18. The van der Waals surface area contributed by atoms with Crippen molar-refractivity contribution >= 4 is 17.8 Å². The third kappa shape index (κ3) is 4.47. The molecule has 1 saturated heterocycles. The quantitative estimate of drug-likeness (QED) is 0.876. The highest BCUT2D eigenvalue weighted by atomic mass is 35.5. The average molecular weight is 330 g/mol. The van der Waals surface area contributed by atoms with Crippen LogP contribution < -0.4 is 0 Å². The van der Waals surface area contributed by atoms with E-state index in [0.29, 0.717) is 0 Å². The maximum Gasteiger partial charge on any atom is 0.116 e. The summed E-state index contributed by atoms with van der Waals surface area (Å²) >= 11 is 6.22. The summed E-state index contributed by atoms with van der Waals surface area (Å²) < 4.78 is 0. The maximum atomic E-state index is 9.45. The molecule has 5 heteroatoms. The lowest BCUT2D eigenvalue weighted by Crippen LogP contribution is -2.43. The van der Waals surface area contributed by atoms with Crippen molar-refractivity contribution in [3.8, 4) is 5.75 Å². The largest absolute Gasteiger partial charge is 0.508 e. The molecular weight excluding hydrogens is 310 g/mol. The Labute approximate surface area is 141 Å². The van der Waals surface area contributed by atoms with E-state index >= 15 is 0 Å². The van der Waals surface area contributed by atoms with Gasteiger partial charge in [-0.1, -0.05) is 41.9 Å². The Hall–Kier alpha value is -2.04. The first-order valence-electron chi connectivity index (χ1n) is 7.74. The van der Waals surface area contributed by atoms with Gasteiger partial charge in [0.1, 0.15) is 5.75 Å². The molecule has 3 rings (SSSR count). The highest BCUT2D eigenvalue weighted by molar-refractivity contribution is 6.31. The summed E-state index contributed by atoms with van der Waals surface area (Å²) in [5.74, 6) is 0.263. The van der Waals surface area contributed by atoms with Gasteiger partial charge in [-0.05, 0) is 29.3 Å². The molecule has 1 aliphatic rings. The van der Waals surface area contributed by atoms with Crippen LogP contribution >= 0.6 is 11.6 Å². The van der Waals surface area contributed by atoms with Crippen LogP contribution in [-0.4, -0.2) is 47.4 Å². The van der Waals surface area contributed by atoms with Gasteiger partial charge in [0.15, 0.2) is 0 Å². The number of aromatic hydroxyl groups is 1. The Morgan fingerprint density at radius 2 is 1.83 bits per heavy atom. The molecule has 1 N–H and O–H groups in total. The van der Waals surface area contributed by atoms with Crippen LogP contribution in [0.25, 0.3) is 0 Å². The van der Waals surface area contributed by atoms with Crippen molar-refractivity contribution in [2.75, 3.05) is 26.2 Å². The Balaban J connectivity index is 1.51. The van der Waals surface area contributed by atoms with E-state index in [1.54, 1.807) is 18.3 Å². The zero-order valence-electron chi connectivity index (χ0n) is 12.9. The molecule has 2 aromatic carbocycles. The second-order valence-electron chi connectivity index (χ2n) is 5.66. The minimum Gasteiger partial charge on any atom is -0.508 e. The van der Waals surface area contributed by atoms with E-state index in [1.807, 2.05) is 30.3 Å². The molecule has 0 aliphatic carbocycles. The lowest BCUT2D eigenvalue weighted by molar-refractivity contribution is 0.131. The SMILES string of the molecule is Oc1cccc(/C=N\N2CCN(Cc3ccccc3Cl)CC2)c1. The van der Waals surface area contributed by atoms with E-state index in [9.17, 15) is 5.11 Å². The minimum atomic E-state index is 0.263. The van der Waals surface area contributed by atoms with Gasteiger partial charge in [-0.3, -0.25) is 9.91 Å². The van der Waals surface area contributed by atoms with Gasteiger partial charge in [0.05, 0.1) is 6.21 Å².